The smallest absolute Gasteiger partial charge is 0.166 e. The van der Waals surface area contributed by atoms with Gasteiger partial charge in [0.05, 0.1) is 12.7 Å². The van der Waals surface area contributed by atoms with Crippen molar-refractivity contribution in [3.05, 3.63) is 0 Å². The average molecular weight is 168 g/mol. The van der Waals surface area contributed by atoms with Crippen LogP contribution in [-0.2, 0) is 4.74 Å². The minimum absolute atomic E-state index is 0.526. The predicted molar refractivity (Wildman–Crippen MR) is 46.7 cm³/mol. The summed E-state index contributed by atoms with van der Waals surface area (Å²) in [5, 5.41) is 8.99. The zero-order chi connectivity index (χ0) is 9.03. The molecule has 3 nitrogen and oxygen atoms in total. The molecule has 12 heavy (non-hydrogen) atoms. The molecule has 1 aliphatic rings. The van der Waals surface area contributed by atoms with Gasteiger partial charge in [-0.2, -0.15) is 5.26 Å². The van der Waals surface area contributed by atoms with Crippen molar-refractivity contribution >= 4 is 0 Å². The van der Waals surface area contributed by atoms with Gasteiger partial charge in [0.25, 0.3) is 0 Å². The fourth-order valence-corrected chi connectivity index (χ4v) is 1.64. The van der Waals surface area contributed by atoms with Gasteiger partial charge in [0, 0.05) is 13.1 Å². The SMILES string of the molecule is CCCC1(C#N)CN(C)CCO1. The summed E-state index contributed by atoms with van der Waals surface area (Å²) in [4.78, 5) is 2.16. The molecule has 3 heteroatoms. The molecule has 1 heterocycles. The second kappa shape index (κ2) is 3.88. The van der Waals surface area contributed by atoms with Crippen LogP contribution in [0.5, 0.6) is 0 Å². The van der Waals surface area contributed by atoms with Gasteiger partial charge in [-0.05, 0) is 13.5 Å². The molecule has 68 valence electrons. The highest BCUT2D eigenvalue weighted by Crippen LogP contribution is 2.21. The van der Waals surface area contributed by atoms with Crippen LogP contribution in [0.3, 0.4) is 0 Å². The van der Waals surface area contributed by atoms with Crippen molar-refractivity contribution in [3.63, 3.8) is 0 Å². The van der Waals surface area contributed by atoms with Gasteiger partial charge >= 0.3 is 0 Å². The molecule has 0 radical (unpaired) electrons. The van der Waals surface area contributed by atoms with Crippen molar-refractivity contribution in [2.75, 3.05) is 26.7 Å². The number of rotatable bonds is 2. The molecular formula is C9H16N2O. The van der Waals surface area contributed by atoms with E-state index in [0.29, 0.717) is 6.61 Å². The number of likely N-dealkylation sites (N-methyl/N-ethyl adjacent to an activating group) is 1. The van der Waals surface area contributed by atoms with Crippen molar-refractivity contribution in [1.29, 1.82) is 5.26 Å². The molecule has 1 atom stereocenters. The first kappa shape index (κ1) is 9.50. The summed E-state index contributed by atoms with van der Waals surface area (Å²) in [6, 6.07) is 2.28. The Bertz CT molecular complexity index is 183. The van der Waals surface area contributed by atoms with E-state index in [1.807, 2.05) is 7.05 Å². The second-order valence-corrected chi connectivity index (χ2v) is 3.44. The summed E-state index contributed by atoms with van der Waals surface area (Å²) in [5.41, 5.74) is -0.526. The third-order valence-corrected chi connectivity index (χ3v) is 2.23. The minimum Gasteiger partial charge on any atom is -0.357 e. The zero-order valence-electron chi connectivity index (χ0n) is 7.84. The van der Waals surface area contributed by atoms with Gasteiger partial charge in [0.2, 0.25) is 0 Å². The van der Waals surface area contributed by atoms with Gasteiger partial charge in [-0.3, -0.25) is 0 Å². The van der Waals surface area contributed by atoms with Crippen LogP contribution in [0.15, 0.2) is 0 Å². The first-order valence-electron chi connectivity index (χ1n) is 4.46. The van der Waals surface area contributed by atoms with E-state index in [2.05, 4.69) is 17.9 Å². The predicted octanol–water partition coefficient (Wildman–Crippen LogP) is 1.01. The van der Waals surface area contributed by atoms with Crippen LogP contribution >= 0.6 is 0 Å². The van der Waals surface area contributed by atoms with E-state index in [-0.39, 0.29) is 0 Å². The maximum Gasteiger partial charge on any atom is 0.166 e. The van der Waals surface area contributed by atoms with Crippen molar-refractivity contribution < 1.29 is 4.74 Å². The second-order valence-electron chi connectivity index (χ2n) is 3.44. The topological polar surface area (TPSA) is 36.3 Å². The van der Waals surface area contributed by atoms with Crippen LogP contribution in [0.25, 0.3) is 0 Å². The average Bonchev–Trinajstić information content (AvgIpc) is 2.05. The van der Waals surface area contributed by atoms with Crippen LogP contribution in [0.2, 0.25) is 0 Å². The molecule has 0 amide bonds. The molecular weight excluding hydrogens is 152 g/mol. The molecule has 1 rings (SSSR count). The molecule has 0 aliphatic carbocycles. The molecule has 0 saturated carbocycles. The van der Waals surface area contributed by atoms with Gasteiger partial charge in [-0.15, -0.1) is 0 Å². The van der Waals surface area contributed by atoms with E-state index >= 15 is 0 Å². The quantitative estimate of drug-likeness (QED) is 0.617. The zero-order valence-corrected chi connectivity index (χ0v) is 7.84. The Morgan fingerprint density at radius 3 is 2.92 bits per heavy atom. The van der Waals surface area contributed by atoms with E-state index < -0.39 is 5.60 Å². The number of hydrogen-bond donors (Lipinski definition) is 0. The Morgan fingerprint density at radius 2 is 2.42 bits per heavy atom. The summed E-state index contributed by atoms with van der Waals surface area (Å²) >= 11 is 0. The van der Waals surface area contributed by atoms with Crippen LogP contribution < -0.4 is 0 Å². The Morgan fingerprint density at radius 1 is 1.67 bits per heavy atom. The Balaban J connectivity index is 2.59. The Hall–Kier alpha value is -0.590. The summed E-state index contributed by atoms with van der Waals surface area (Å²) in [7, 11) is 2.03. The standard InChI is InChI=1S/C9H16N2O/c1-3-4-9(7-10)8-11(2)5-6-12-9/h3-6,8H2,1-2H3. The van der Waals surface area contributed by atoms with E-state index in [1.165, 1.54) is 0 Å². The lowest BCUT2D eigenvalue weighted by atomic mass is 9.98. The van der Waals surface area contributed by atoms with Gasteiger partial charge < -0.3 is 9.64 Å². The van der Waals surface area contributed by atoms with Gasteiger partial charge in [-0.25, -0.2) is 0 Å². The molecule has 0 aromatic rings. The Labute approximate surface area is 73.9 Å². The molecule has 0 spiro atoms. The van der Waals surface area contributed by atoms with Crippen molar-refractivity contribution in [2.24, 2.45) is 0 Å². The lowest BCUT2D eigenvalue weighted by Gasteiger charge is -2.36. The van der Waals surface area contributed by atoms with Crippen LogP contribution in [0.4, 0.5) is 0 Å². The number of nitriles is 1. The normalized spacial score (nSPS) is 31.4. The van der Waals surface area contributed by atoms with Gasteiger partial charge in [0.15, 0.2) is 5.60 Å². The number of hydrogen-bond acceptors (Lipinski definition) is 3. The molecule has 1 unspecified atom stereocenters. The number of morpholine rings is 1. The molecule has 0 aromatic heterocycles. The fraction of sp³-hybridized carbons (Fsp3) is 0.889. The van der Waals surface area contributed by atoms with E-state index in [1.54, 1.807) is 0 Å². The lowest BCUT2D eigenvalue weighted by Crippen LogP contribution is -2.49. The molecule has 0 bridgehead atoms. The summed E-state index contributed by atoms with van der Waals surface area (Å²) < 4.78 is 5.52. The fourth-order valence-electron chi connectivity index (χ4n) is 1.64. The van der Waals surface area contributed by atoms with Crippen molar-refractivity contribution in [3.8, 4) is 6.07 Å². The monoisotopic (exact) mass is 168 g/mol. The summed E-state index contributed by atoms with van der Waals surface area (Å²) in [6.45, 7) is 4.45. The first-order chi connectivity index (χ1) is 5.72. The molecule has 1 fully saturated rings. The van der Waals surface area contributed by atoms with Gasteiger partial charge in [0.1, 0.15) is 0 Å². The number of ether oxygens (including phenoxy) is 1. The van der Waals surface area contributed by atoms with Crippen molar-refractivity contribution in [1.82, 2.24) is 4.90 Å². The highest BCUT2D eigenvalue weighted by atomic mass is 16.5. The van der Waals surface area contributed by atoms with E-state index in [4.69, 9.17) is 10.00 Å². The minimum atomic E-state index is -0.526. The largest absolute Gasteiger partial charge is 0.357 e. The summed E-state index contributed by atoms with van der Waals surface area (Å²) in [6.07, 6.45) is 1.84. The first-order valence-corrected chi connectivity index (χ1v) is 4.46. The van der Waals surface area contributed by atoms with E-state index in [0.717, 1.165) is 25.9 Å². The van der Waals surface area contributed by atoms with Crippen LogP contribution in [-0.4, -0.2) is 37.2 Å². The molecule has 1 aliphatic heterocycles. The van der Waals surface area contributed by atoms with E-state index in [9.17, 15) is 0 Å². The molecule has 0 aromatic carbocycles. The third kappa shape index (κ3) is 1.96. The Kier molecular flexibility index (Phi) is 3.07. The maximum absolute atomic E-state index is 8.99. The van der Waals surface area contributed by atoms with Crippen LogP contribution in [0, 0.1) is 11.3 Å². The van der Waals surface area contributed by atoms with Gasteiger partial charge in [-0.1, -0.05) is 13.3 Å². The summed E-state index contributed by atoms with van der Waals surface area (Å²) in [5.74, 6) is 0. The third-order valence-electron chi connectivity index (χ3n) is 2.23. The molecule has 0 N–H and O–H groups in total. The van der Waals surface area contributed by atoms with Crippen molar-refractivity contribution in [2.45, 2.75) is 25.4 Å². The number of nitrogens with zero attached hydrogens (tertiary/aromatic N) is 2. The van der Waals surface area contributed by atoms with Crippen LogP contribution in [0.1, 0.15) is 19.8 Å². The lowest BCUT2D eigenvalue weighted by molar-refractivity contribution is -0.0711. The maximum atomic E-state index is 8.99. The highest BCUT2D eigenvalue weighted by molar-refractivity contribution is 5.04. The highest BCUT2D eigenvalue weighted by Gasteiger charge is 2.34. The molecule has 1 saturated heterocycles.